The van der Waals surface area contributed by atoms with Crippen LogP contribution in [-0.4, -0.2) is 41.7 Å². The first-order chi connectivity index (χ1) is 11.7. The number of hydrogen-bond acceptors (Lipinski definition) is 8. The monoisotopic (exact) mass is 382 g/mol. The standard InChI is InChI=1S/C16H19BO6S2/c1-15(2)16(3,4)23-17(22-15)14-11-10(20-5-6-21-11)13(25-14)12-9(19)8(18)7-24-12/h7,18-19H,5-6H2,1-4H3. The highest BCUT2D eigenvalue weighted by atomic mass is 32.1. The first-order valence-corrected chi connectivity index (χ1v) is 9.68. The second-order valence-electron chi connectivity index (χ2n) is 7.04. The first-order valence-electron chi connectivity index (χ1n) is 7.99. The first kappa shape index (κ1) is 17.0. The van der Waals surface area contributed by atoms with Crippen LogP contribution in [0.1, 0.15) is 27.7 Å². The molecule has 0 saturated carbocycles. The van der Waals surface area contributed by atoms with Crippen LogP contribution < -0.4 is 14.3 Å². The Kier molecular flexibility index (Phi) is 3.77. The summed E-state index contributed by atoms with van der Waals surface area (Å²) in [4.78, 5) is 1.26. The van der Waals surface area contributed by atoms with Gasteiger partial charge in [-0.05, 0) is 27.7 Å². The topological polar surface area (TPSA) is 77.4 Å². The highest BCUT2D eigenvalue weighted by Crippen LogP contribution is 2.52. The van der Waals surface area contributed by atoms with Crippen LogP contribution in [0.15, 0.2) is 5.38 Å². The zero-order valence-electron chi connectivity index (χ0n) is 14.4. The number of ether oxygens (including phenoxy) is 2. The molecule has 4 heterocycles. The quantitative estimate of drug-likeness (QED) is 0.778. The zero-order chi connectivity index (χ0) is 18.0. The lowest BCUT2D eigenvalue weighted by Gasteiger charge is -2.32. The van der Waals surface area contributed by atoms with Crippen LogP contribution in [0, 0.1) is 0 Å². The Balaban J connectivity index is 1.81. The second kappa shape index (κ2) is 5.54. The molecule has 0 atom stereocenters. The third-order valence-corrected chi connectivity index (χ3v) is 7.14. The predicted molar refractivity (Wildman–Crippen MR) is 97.7 cm³/mol. The molecule has 0 radical (unpaired) electrons. The fraction of sp³-hybridized carbons (Fsp3) is 0.500. The van der Waals surface area contributed by atoms with Crippen LogP contribution in [0.5, 0.6) is 23.0 Å². The van der Waals surface area contributed by atoms with E-state index in [-0.39, 0.29) is 11.5 Å². The summed E-state index contributed by atoms with van der Waals surface area (Å²) in [6.45, 7) is 8.85. The number of fused-ring (bicyclic) bond motifs is 1. The van der Waals surface area contributed by atoms with Crippen molar-refractivity contribution in [1.29, 1.82) is 0 Å². The van der Waals surface area contributed by atoms with Gasteiger partial charge in [0, 0.05) is 5.38 Å². The molecule has 1 fully saturated rings. The fourth-order valence-corrected chi connectivity index (χ4v) is 4.85. The highest BCUT2D eigenvalue weighted by Gasteiger charge is 2.54. The molecule has 0 aromatic carbocycles. The van der Waals surface area contributed by atoms with Gasteiger partial charge in [0.25, 0.3) is 0 Å². The molecule has 2 aliphatic heterocycles. The SMILES string of the molecule is CC1(C)OB(c2sc(-c3scc(O)c3O)c3c2OCCO3)OC1(C)C. The van der Waals surface area contributed by atoms with Gasteiger partial charge >= 0.3 is 7.12 Å². The molecular weight excluding hydrogens is 363 g/mol. The molecule has 9 heteroatoms. The minimum Gasteiger partial charge on any atom is -0.504 e. The summed E-state index contributed by atoms with van der Waals surface area (Å²) in [6, 6.07) is 0. The van der Waals surface area contributed by atoms with Crippen LogP contribution in [0.4, 0.5) is 0 Å². The van der Waals surface area contributed by atoms with Crippen LogP contribution in [0.25, 0.3) is 9.75 Å². The third kappa shape index (κ3) is 2.52. The Bertz CT molecular complexity index is 809. The van der Waals surface area contributed by atoms with E-state index in [4.69, 9.17) is 18.8 Å². The second-order valence-corrected chi connectivity index (χ2v) is 8.97. The lowest BCUT2D eigenvalue weighted by atomic mass is 9.87. The van der Waals surface area contributed by atoms with E-state index in [9.17, 15) is 10.2 Å². The Morgan fingerprint density at radius 3 is 2.12 bits per heavy atom. The summed E-state index contributed by atoms with van der Waals surface area (Å²) in [5.74, 6) is 0.870. The van der Waals surface area contributed by atoms with Gasteiger partial charge in [-0.3, -0.25) is 0 Å². The van der Waals surface area contributed by atoms with Crippen molar-refractivity contribution in [3.8, 4) is 32.8 Å². The smallest absolute Gasteiger partial charge is 0.504 e. The summed E-state index contributed by atoms with van der Waals surface area (Å²) in [5.41, 5.74) is -0.929. The van der Waals surface area contributed by atoms with Crippen LogP contribution in [-0.2, 0) is 9.31 Å². The van der Waals surface area contributed by atoms with Gasteiger partial charge in [-0.15, -0.1) is 22.7 Å². The molecule has 4 rings (SSSR count). The Hall–Kier alpha value is -1.42. The predicted octanol–water partition coefficient (Wildman–Crippen LogP) is 2.96. The average molecular weight is 382 g/mol. The molecule has 2 aromatic heterocycles. The summed E-state index contributed by atoms with van der Waals surface area (Å²) in [5, 5.41) is 21.3. The molecular formula is C16H19BO6S2. The Morgan fingerprint density at radius 1 is 0.960 bits per heavy atom. The average Bonchev–Trinajstić information content (AvgIpc) is 3.14. The minimum atomic E-state index is -0.574. The molecule has 134 valence electrons. The van der Waals surface area contributed by atoms with Crippen molar-refractivity contribution >= 4 is 34.6 Å². The molecule has 2 aliphatic rings. The van der Waals surface area contributed by atoms with E-state index >= 15 is 0 Å². The van der Waals surface area contributed by atoms with Crippen molar-refractivity contribution in [2.45, 2.75) is 38.9 Å². The van der Waals surface area contributed by atoms with Gasteiger partial charge in [-0.25, -0.2) is 0 Å². The fourth-order valence-electron chi connectivity index (χ4n) is 2.73. The highest BCUT2D eigenvalue weighted by molar-refractivity contribution is 7.28. The normalized spacial score (nSPS) is 20.9. The molecule has 2 aromatic rings. The zero-order valence-corrected chi connectivity index (χ0v) is 16.0. The lowest BCUT2D eigenvalue weighted by molar-refractivity contribution is 0.00578. The molecule has 0 aliphatic carbocycles. The summed E-state index contributed by atoms with van der Waals surface area (Å²) in [7, 11) is -0.574. The molecule has 1 saturated heterocycles. The maximum Gasteiger partial charge on any atom is 0.509 e. The maximum absolute atomic E-state index is 10.1. The van der Waals surface area contributed by atoms with Crippen molar-refractivity contribution in [3.05, 3.63) is 5.38 Å². The van der Waals surface area contributed by atoms with E-state index in [1.165, 1.54) is 28.1 Å². The van der Waals surface area contributed by atoms with E-state index in [2.05, 4.69) is 0 Å². The van der Waals surface area contributed by atoms with E-state index in [0.717, 1.165) is 4.78 Å². The van der Waals surface area contributed by atoms with Crippen molar-refractivity contribution in [2.24, 2.45) is 0 Å². The Morgan fingerprint density at radius 2 is 1.56 bits per heavy atom. The summed E-state index contributed by atoms with van der Waals surface area (Å²) in [6.07, 6.45) is 0. The molecule has 2 N–H and O–H groups in total. The number of rotatable bonds is 2. The maximum atomic E-state index is 10.1. The van der Waals surface area contributed by atoms with Crippen molar-refractivity contribution in [2.75, 3.05) is 13.2 Å². The number of hydrogen-bond donors (Lipinski definition) is 2. The number of aromatic hydroxyl groups is 2. The summed E-state index contributed by atoms with van der Waals surface area (Å²) >= 11 is 2.64. The van der Waals surface area contributed by atoms with E-state index in [1.54, 1.807) is 0 Å². The van der Waals surface area contributed by atoms with Gasteiger partial charge < -0.3 is 29.0 Å². The van der Waals surface area contributed by atoms with Gasteiger partial charge in [-0.2, -0.15) is 0 Å². The van der Waals surface area contributed by atoms with Crippen LogP contribution in [0.3, 0.4) is 0 Å². The lowest BCUT2D eigenvalue weighted by Crippen LogP contribution is -2.41. The summed E-state index contributed by atoms with van der Waals surface area (Å²) < 4.78 is 24.7. The van der Waals surface area contributed by atoms with Gasteiger partial charge in [0.2, 0.25) is 0 Å². The van der Waals surface area contributed by atoms with Gasteiger partial charge in [-0.1, -0.05) is 0 Å². The molecule has 0 unspecified atom stereocenters. The van der Waals surface area contributed by atoms with E-state index in [1.807, 2.05) is 27.7 Å². The van der Waals surface area contributed by atoms with Crippen molar-refractivity contribution in [3.63, 3.8) is 0 Å². The largest absolute Gasteiger partial charge is 0.509 e. The van der Waals surface area contributed by atoms with E-state index in [0.29, 0.717) is 34.5 Å². The van der Waals surface area contributed by atoms with Crippen LogP contribution in [0.2, 0.25) is 0 Å². The van der Waals surface area contributed by atoms with Gasteiger partial charge in [0.05, 0.1) is 25.7 Å². The molecule has 0 spiro atoms. The molecule has 25 heavy (non-hydrogen) atoms. The molecule has 0 amide bonds. The van der Waals surface area contributed by atoms with E-state index < -0.39 is 18.3 Å². The molecule has 0 bridgehead atoms. The van der Waals surface area contributed by atoms with Gasteiger partial charge in [0.15, 0.2) is 23.0 Å². The third-order valence-electron chi connectivity index (χ3n) is 4.84. The van der Waals surface area contributed by atoms with Crippen molar-refractivity contribution < 1.29 is 29.0 Å². The van der Waals surface area contributed by atoms with Crippen LogP contribution >= 0.6 is 22.7 Å². The minimum absolute atomic E-state index is 0.143. The van der Waals surface area contributed by atoms with Gasteiger partial charge in [0.1, 0.15) is 13.2 Å². The Labute approximate surface area is 154 Å². The van der Waals surface area contributed by atoms with Crippen molar-refractivity contribution in [1.82, 2.24) is 0 Å². The molecule has 6 nitrogen and oxygen atoms in total. The number of thiophene rings is 2.